The topological polar surface area (TPSA) is 78.9 Å². The highest BCUT2D eigenvalue weighted by Crippen LogP contribution is 2.40. The van der Waals surface area contributed by atoms with Crippen LogP contribution < -0.4 is 10.1 Å². The van der Waals surface area contributed by atoms with Gasteiger partial charge in [0.15, 0.2) is 0 Å². The van der Waals surface area contributed by atoms with Crippen LogP contribution in [0, 0.1) is 12.7 Å². The Balaban J connectivity index is 1.78. The molecule has 0 saturated heterocycles. The number of rotatable bonds is 10. The smallest absolute Gasteiger partial charge is 0.326 e. The molecule has 0 aliphatic carbocycles. The minimum atomic E-state index is -1.25. The summed E-state index contributed by atoms with van der Waals surface area (Å²) in [4.78, 5) is 27.3. The third kappa shape index (κ3) is 5.84. The molecule has 4 aromatic carbocycles. The van der Waals surface area contributed by atoms with Gasteiger partial charge in [-0.3, -0.25) is 4.79 Å². The predicted molar refractivity (Wildman–Crippen MR) is 156 cm³/mol. The Hall–Kier alpha value is -4.23. The zero-order valence-corrected chi connectivity index (χ0v) is 23.5. The fraction of sp³-hybridized carbons (Fsp3) is 0.273. The van der Waals surface area contributed by atoms with E-state index in [-0.39, 0.29) is 12.0 Å². The number of carboxylic acids is 1. The first-order valence-electron chi connectivity index (χ1n) is 13.3. The van der Waals surface area contributed by atoms with Gasteiger partial charge in [0.25, 0.3) is 5.91 Å². The number of carbonyl (C=O) groups excluding carboxylic acids is 1. The number of aliphatic carboxylic acids is 1. The Morgan fingerprint density at radius 3 is 2.33 bits per heavy atom. The van der Waals surface area contributed by atoms with Crippen molar-refractivity contribution in [3.05, 3.63) is 100 Å². The molecule has 0 aromatic heterocycles. The maximum absolute atomic E-state index is 14.4. The average Bonchev–Trinajstić information content (AvgIpc) is 2.91. The van der Waals surface area contributed by atoms with E-state index in [2.05, 4.69) is 29.3 Å². The first-order valence-corrected chi connectivity index (χ1v) is 13.3. The summed E-state index contributed by atoms with van der Waals surface area (Å²) >= 11 is 0. The van der Waals surface area contributed by atoms with Gasteiger partial charge in [0, 0.05) is 18.5 Å². The van der Waals surface area contributed by atoms with E-state index >= 15 is 0 Å². The lowest BCUT2D eigenvalue weighted by Gasteiger charge is -2.21. The van der Waals surface area contributed by atoms with Gasteiger partial charge in [-0.1, -0.05) is 61.5 Å². The van der Waals surface area contributed by atoms with Crippen molar-refractivity contribution >= 4 is 22.6 Å². The van der Waals surface area contributed by atoms with Crippen LogP contribution in [0.3, 0.4) is 0 Å². The number of nitrogens with zero attached hydrogens (tertiary/aromatic N) is 1. The second-order valence-corrected chi connectivity index (χ2v) is 10.2. The summed E-state index contributed by atoms with van der Waals surface area (Å²) in [6.07, 6.45) is 0.849. The molecule has 0 heterocycles. The molecular weight excluding hydrogens is 507 g/mol. The van der Waals surface area contributed by atoms with Crippen molar-refractivity contribution in [2.24, 2.45) is 0 Å². The minimum Gasteiger partial charge on any atom is -0.496 e. The molecule has 0 unspecified atom stereocenters. The van der Waals surface area contributed by atoms with Gasteiger partial charge < -0.3 is 20.1 Å². The number of methoxy groups -OCH3 is 1. The van der Waals surface area contributed by atoms with Crippen molar-refractivity contribution in [2.45, 2.75) is 39.3 Å². The maximum atomic E-state index is 14.4. The molecule has 0 fully saturated rings. The van der Waals surface area contributed by atoms with Crippen LogP contribution in [0.25, 0.3) is 21.9 Å². The maximum Gasteiger partial charge on any atom is 0.326 e. The summed E-state index contributed by atoms with van der Waals surface area (Å²) in [6.45, 7) is 4.54. The van der Waals surface area contributed by atoms with Gasteiger partial charge in [-0.05, 0) is 78.2 Å². The molecule has 7 heteroatoms. The SMILES string of the molecule is CCc1c(CN(C)C)ccc(OC)c1-c1cccc2c(C[C@H](NC(=O)c3c(C)cccc3F)C(=O)O)cccc12. The Kier molecular flexibility index (Phi) is 8.85. The molecule has 0 bridgehead atoms. The lowest BCUT2D eigenvalue weighted by Crippen LogP contribution is -2.42. The highest BCUT2D eigenvalue weighted by molar-refractivity contribution is 6.01. The molecular formula is C33H35FN2O4. The van der Waals surface area contributed by atoms with Gasteiger partial charge in [-0.2, -0.15) is 0 Å². The van der Waals surface area contributed by atoms with Crippen LogP contribution in [-0.2, 0) is 24.2 Å². The predicted octanol–water partition coefficient (Wildman–Crippen LogP) is 6.01. The van der Waals surface area contributed by atoms with E-state index in [0.29, 0.717) is 5.56 Å². The van der Waals surface area contributed by atoms with Crippen LogP contribution >= 0.6 is 0 Å². The number of hydrogen-bond donors (Lipinski definition) is 2. The normalized spacial score (nSPS) is 12.0. The van der Waals surface area contributed by atoms with E-state index in [1.807, 2.05) is 50.5 Å². The van der Waals surface area contributed by atoms with Crippen molar-refractivity contribution in [1.29, 1.82) is 0 Å². The van der Waals surface area contributed by atoms with Crippen LogP contribution in [0.1, 0.15) is 39.5 Å². The molecule has 0 aliphatic heterocycles. The molecule has 1 atom stereocenters. The Morgan fingerprint density at radius 1 is 0.975 bits per heavy atom. The van der Waals surface area contributed by atoms with Gasteiger partial charge in [0.1, 0.15) is 17.6 Å². The van der Waals surface area contributed by atoms with Gasteiger partial charge in [0.05, 0.1) is 12.7 Å². The van der Waals surface area contributed by atoms with E-state index in [0.717, 1.165) is 46.2 Å². The number of ether oxygens (including phenoxy) is 1. The second-order valence-electron chi connectivity index (χ2n) is 10.2. The van der Waals surface area contributed by atoms with E-state index in [4.69, 9.17) is 4.74 Å². The lowest BCUT2D eigenvalue weighted by molar-refractivity contribution is -0.139. The largest absolute Gasteiger partial charge is 0.496 e. The third-order valence-electron chi connectivity index (χ3n) is 7.19. The molecule has 0 spiro atoms. The molecule has 0 saturated carbocycles. The number of amides is 1. The number of benzene rings is 4. The summed E-state index contributed by atoms with van der Waals surface area (Å²) < 4.78 is 20.2. The average molecular weight is 543 g/mol. The summed E-state index contributed by atoms with van der Waals surface area (Å²) in [5.41, 5.74) is 5.48. The number of fused-ring (bicyclic) bond motifs is 1. The van der Waals surface area contributed by atoms with Crippen molar-refractivity contribution in [3.63, 3.8) is 0 Å². The van der Waals surface area contributed by atoms with Crippen LogP contribution in [-0.4, -0.2) is 49.1 Å². The summed E-state index contributed by atoms with van der Waals surface area (Å²) in [5.74, 6) is -1.86. The monoisotopic (exact) mass is 542 g/mol. The summed E-state index contributed by atoms with van der Waals surface area (Å²) in [5, 5.41) is 14.4. The number of halogens is 1. The van der Waals surface area contributed by atoms with E-state index in [1.54, 1.807) is 20.1 Å². The molecule has 40 heavy (non-hydrogen) atoms. The Morgan fingerprint density at radius 2 is 1.68 bits per heavy atom. The number of carbonyl (C=O) groups is 2. The second kappa shape index (κ2) is 12.3. The lowest BCUT2D eigenvalue weighted by atomic mass is 9.88. The van der Waals surface area contributed by atoms with Crippen molar-refractivity contribution in [1.82, 2.24) is 10.2 Å². The molecule has 0 aliphatic rings. The standard InChI is InChI=1S/C33H35FN2O4/c1-6-23-22(19-36(3)4)16-17-29(40-5)31(23)26-14-9-12-24-21(11-8-13-25(24)26)18-28(33(38)39)35-32(37)30-20(2)10-7-15-27(30)34/h7-17,28H,6,18-19H2,1-5H3,(H,35,37)(H,38,39)/t28-/m0/s1. The van der Waals surface area contributed by atoms with Crippen LogP contribution in [0.15, 0.2) is 66.7 Å². The molecule has 0 radical (unpaired) electrons. The summed E-state index contributed by atoms with van der Waals surface area (Å²) in [6, 6.07) is 18.9. The molecule has 208 valence electrons. The number of aryl methyl sites for hydroxylation is 1. The quantitative estimate of drug-likeness (QED) is 0.257. The summed E-state index contributed by atoms with van der Waals surface area (Å²) in [7, 11) is 5.75. The zero-order chi connectivity index (χ0) is 29.0. The van der Waals surface area contributed by atoms with Gasteiger partial charge in [-0.25, -0.2) is 9.18 Å². The van der Waals surface area contributed by atoms with Crippen LogP contribution in [0.4, 0.5) is 4.39 Å². The fourth-order valence-electron chi connectivity index (χ4n) is 5.37. The van der Waals surface area contributed by atoms with Crippen molar-refractivity contribution < 1.29 is 23.8 Å². The van der Waals surface area contributed by atoms with Crippen LogP contribution in [0.5, 0.6) is 5.75 Å². The van der Waals surface area contributed by atoms with E-state index < -0.39 is 23.7 Å². The Labute approximate surface area is 234 Å². The van der Waals surface area contributed by atoms with Crippen molar-refractivity contribution in [3.8, 4) is 16.9 Å². The highest BCUT2D eigenvalue weighted by atomic mass is 19.1. The molecule has 2 N–H and O–H groups in total. The number of hydrogen-bond acceptors (Lipinski definition) is 4. The minimum absolute atomic E-state index is 0.0355. The third-order valence-corrected chi connectivity index (χ3v) is 7.19. The number of nitrogens with one attached hydrogen (secondary N) is 1. The molecule has 1 amide bonds. The van der Waals surface area contributed by atoms with Crippen molar-refractivity contribution in [2.75, 3.05) is 21.2 Å². The molecule has 4 rings (SSSR count). The Bertz CT molecular complexity index is 1540. The van der Waals surface area contributed by atoms with E-state index in [1.165, 1.54) is 23.3 Å². The highest BCUT2D eigenvalue weighted by Gasteiger charge is 2.25. The fourth-order valence-corrected chi connectivity index (χ4v) is 5.37. The zero-order valence-electron chi connectivity index (χ0n) is 23.5. The first kappa shape index (κ1) is 28.8. The first-order chi connectivity index (χ1) is 19.2. The molecule has 6 nitrogen and oxygen atoms in total. The van der Waals surface area contributed by atoms with Gasteiger partial charge in [-0.15, -0.1) is 0 Å². The van der Waals surface area contributed by atoms with E-state index in [9.17, 15) is 19.1 Å². The van der Waals surface area contributed by atoms with Gasteiger partial charge >= 0.3 is 5.97 Å². The van der Waals surface area contributed by atoms with Crippen LogP contribution in [0.2, 0.25) is 0 Å². The van der Waals surface area contributed by atoms with Gasteiger partial charge in [0.2, 0.25) is 0 Å². The number of carboxylic acid groups (broad SMARTS) is 1. The molecule has 4 aromatic rings.